The first-order valence-electron chi connectivity index (χ1n) is 12.7. The Morgan fingerprint density at radius 1 is 0.611 bits per heavy atom. The molecule has 3 heteroatoms. The summed E-state index contributed by atoms with van der Waals surface area (Å²) in [6.07, 6.45) is 3.52. The van der Waals surface area contributed by atoms with Gasteiger partial charge in [0.25, 0.3) is 0 Å². The van der Waals surface area contributed by atoms with Gasteiger partial charge in [0, 0.05) is 35.2 Å². The van der Waals surface area contributed by atoms with Crippen LogP contribution in [0.5, 0.6) is 0 Å². The quantitative estimate of drug-likeness (QED) is 0.179. The zero-order valence-corrected chi connectivity index (χ0v) is 23.1. The van der Waals surface area contributed by atoms with Crippen molar-refractivity contribution in [3.8, 4) is 22.5 Å². The van der Waals surface area contributed by atoms with Crippen LogP contribution in [0.25, 0.3) is 22.5 Å². The first kappa shape index (κ1) is 24.3. The fourth-order valence-electron chi connectivity index (χ4n) is 3.67. The van der Waals surface area contributed by atoms with Crippen molar-refractivity contribution in [3.05, 3.63) is 144 Å². The average Bonchev–Trinajstić information content (AvgIpc) is 2.94. The maximum atomic E-state index is 8.73. The molecule has 1 unspecified atom stereocenters. The van der Waals surface area contributed by atoms with Crippen molar-refractivity contribution in [1.29, 1.82) is 0 Å². The molecular formula is C33H30IrN2-2. The average molecular weight is 649 g/mol. The SMILES string of the molecule is [2H]C(C)(C)c1ccnc(-c2[c-]cccc2)c1.[2H]C(C)(c1ccccc1)c1cc[c-]c(-c2ccccn2)c1.[Ir]. The van der Waals surface area contributed by atoms with Gasteiger partial charge in [0.2, 0.25) is 0 Å². The van der Waals surface area contributed by atoms with Gasteiger partial charge in [-0.3, -0.25) is 0 Å². The van der Waals surface area contributed by atoms with Crippen molar-refractivity contribution in [2.75, 3.05) is 0 Å². The summed E-state index contributed by atoms with van der Waals surface area (Å²) >= 11 is 0. The Morgan fingerprint density at radius 3 is 2.03 bits per heavy atom. The van der Waals surface area contributed by atoms with Crippen LogP contribution in [-0.2, 0) is 20.1 Å². The van der Waals surface area contributed by atoms with E-state index >= 15 is 0 Å². The van der Waals surface area contributed by atoms with Crippen LogP contribution in [0, 0.1) is 12.1 Å². The van der Waals surface area contributed by atoms with Crippen LogP contribution in [-0.4, -0.2) is 9.97 Å². The van der Waals surface area contributed by atoms with E-state index in [2.05, 4.69) is 22.1 Å². The predicted octanol–water partition coefficient (Wildman–Crippen LogP) is 8.37. The van der Waals surface area contributed by atoms with Crippen LogP contribution >= 0.6 is 0 Å². The molecule has 0 aliphatic rings. The molecular weight excluding hydrogens is 617 g/mol. The van der Waals surface area contributed by atoms with E-state index < -0.39 is 11.8 Å². The number of hydrogen-bond donors (Lipinski definition) is 0. The molecule has 5 rings (SSSR count). The largest absolute Gasteiger partial charge is 0.305 e. The summed E-state index contributed by atoms with van der Waals surface area (Å²) < 4.78 is 16.7. The number of pyridine rings is 2. The van der Waals surface area contributed by atoms with Gasteiger partial charge in [0.1, 0.15) is 0 Å². The van der Waals surface area contributed by atoms with Crippen LogP contribution in [0.15, 0.2) is 116 Å². The molecule has 1 atom stereocenters. The van der Waals surface area contributed by atoms with E-state index in [1.807, 2.05) is 124 Å². The van der Waals surface area contributed by atoms with Gasteiger partial charge in [0.15, 0.2) is 0 Å². The van der Waals surface area contributed by atoms with Crippen molar-refractivity contribution in [2.45, 2.75) is 32.6 Å². The van der Waals surface area contributed by atoms with Crippen LogP contribution in [0.4, 0.5) is 0 Å². The van der Waals surface area contributed by atoms with Crippen molar-refractivity contribution in [1.82, 2.24) is 9.97 Å². The molecule has 36 heavy (non-hydrogen) atoms. The minimum absolute atomic E-state index is 0. The van der Waals surface area contributed by atoms with E-state index in [-0.39, 0.29) is 20.1 Å². The van der Waals surface area contributed by atoms with Gasteiger partial charge >= 0.3 is 0 Å². The summed E-state index contributed by atoms with van der Waals surface area (Å²) in [5.41, 5.74) is 6.52. The van der Waals surface area contributed by atoms with Gasteiger partial charge in [0.05, 0.1) is 0 Å². The fraction of sp³-hybridized carbons (Fsp3) is 0.152. The molecule has 2 nitrogen and oxygen atoms in total. The normalized spacial score (nSPS) is 13.1. The van der Waals surface area contributed by atoms with Crippen LogP contribution in [0.3, 0.4) is 0 Å². The van der Waals surface area contributed by atoms with E-state index in [1.54, 1.807) is 12.4 Å². The summed E-state index contributed by atoms with van der Waals surface area (Å²) in [5, 5.41) is 0. The topological polar surface area (TPSA) is 25.8 Å². The molecule has 0 bridgehead atoms. The summed E-state index contributed by atoms with van der Waals surface area (Å²) in [4.78, 5) is 8.66. The number of benzene rings is 3. The summed E-state index contributed by atoms with van der Waals surface area (Å²) in [6, 6.07) is 39.5. The second-order valence-electron chi connectivity index (χ2n) is 8.40. The van der Waals surface area contributed by atoms with E-state index in [0.29, 0.717) is 0 Å². The van der Waals surface area contributed by atoms with Crippen molar-refractivity contribution >= 4 is 0 Å². The number of hydrogen-bond acceptors (Lipinski definition) is 2. The van der Waals surface area contributed by atoms with Crippen LogP contribution in [0.2, 0.25) is 0 Å². The number of nitrogens with zero attached hydrogens (tertiary/aromatic N) is 2. The maximum absolute atomic E-state index is 8.73. The summed E-state index contributed by atoms with van der Waals surface area (Å²) in [6.45, 7) is 5.67. The van der Waals surface area contributed by atoms with Gasteiger partial charge in [-0.1, -0.05) is 74.9 Å². The zero-order chi connectivity index (χ0) is 26.3. The molecule has 2 aromatic heterocycles. The third-order valence-electron chi connectivity index (χ3n) is 5.70. The molecule has 0 fully saturated rings. The van der Waals surface area contributed by atoms with Gasteiger partial charge in [-0.2, -0.15) is 0 Å². The Morgan fingerprint density at radius 2 is 1.33 bits per heavy atom. The second kappa shape index (κ2) is 13.6. The molecule has 0 aliphatic heterocycles. The zero-order valence-electron chi connectivity index (χ0n) is 22.7. The third-order valence-corrected chi connectivity index (χ3v) is 5.70. The molecule has 1 radical (unpaired) electrons. The number of rotatable bonds is 5. The van der Waals surface area contributed by atoms with Crippen molar-refractivity contribution in [3.63, 3.8) is 0 Å². The first-order chi connectivity index (χ1) is 17.7. The van der Waals surface area contributed by atoms with E-state index in [0.717, 1.165) is 39.2 Å². The molecule has 2 heterocycles. The minimum Gasteiger partial charge on any atom is -0.305 e. The molecule has 0 amide bonds. The third kappa shape index (κ3) is 7.31. The van der Waals surface area contributed by atoms with E-state index in [1.165, 1.54) is 0 Å². The molecule has 3 aromatic carbocycles. The smallest absolute Gasteiger partial charge is 0.0383 e. The summed E-state index contributed by atoms with van der Waals surface area (Å²) in [7, 11) is 0. The fourth-order valence-corrected chi connectivity index (χ4v) is 3.67. The predicted molar refractivity (Wildman–Crippen MR) is 145 cm³/mol. The van der Waals surface area contributed by atoms with Crippen LogP contribution in [0.1, 0.15) is 52.0 Å². The molecule has 183 valence electrons. The molecule has 0 N–H and O–H groups in total. The Balaban J connectivity index is 0.000000213. The molecule has 0 saturated heterocycles. The molecule has 5 aromatic rings. The first-order valence-corrected chi connectivity index (χ1v) is 11.7. The van der Waals surface area contributed by atoms with Crippen molar-refractivity contribution in [2.24, 2.45) is 0 Å². The molecule has 0 aliphatic carbocycles. The van der Waals surface area contributed by atoms with E-state index in [9.17, 15) is 0 Å². The minimum atomic E-state index is -0.792. The van der Waals surface area contributed by atoms with Crippen LogP contribution < -0.4 is 0 Å². The molecule has 0 spiro atoms. The Kier molecular flexibility index (Phi) is 9.21. The standard InChI is InChI=1S/C19H16N.C14H14N.Ir/c1-15(16-8-3-2-4-9-16)17-10-7-11-18(14-17)19-12-5-6-13-20-19;1-11(2)13-8-9-15-14(10-13)12-6-4-3-5-7-12;/h2-10,12-15H,1H3;3-6,8-11H,1-2H3;/q2*-1;/i15D;11D;. The van der Waals surface area contributed by atoms with Gasteiger partial charge in [-0.15, -0.1) is 71.3 Å². The second-order valence-corrected chi connectivity index (χ2v) is 8.40. The summed E-state index contributed by atoms with van der Waals surface area (Å²) in [5.74, 6) is -1.38. The van der Waals surface area contributed by atoms with Crippen molar-refractivity contribution < 1.29 is 22.8 Å². The number of aromatic nitrogens is 2. The Bertz CT molecular complexity index is 1420. The van der Waals surface area contributed by atoms with Gasteiger partial charge in [-0.05, 0) is 40.9 Å². The monoisotopic (exact) mass is 649 g/mol. The Labute approximate surface area is 231 Å². The van der Waals surface area contributed by atoms with Gasteiger partial charge in [-0.25, -0.2) is 0 Å². The Hall–Kier alpha value is -3.39. The molecule has 0 saturated carbocycles. The van der Waals surface area contributed by atoms with E-state index in [4.69, 9.17) is 2.74 Å². The maximum Gasteiger partial charge on any atom is 0.0383 e. The van der Waals surface area contributed by atoms with Gasteiger partial charge < -0.3 is 9.97 Å².